The molecule has 0 aliphatic heterocycles. The first-order valence-corrected chi connectivity index (χ1v) is 5.36. The van der Waals surface area contributed by atoms with E-state index in [1.807, 2.05) is 0 Å². The zero-order chi connectivity index (χ0) is 10.8. The molecule has 0 saturated carbocycles. The molecule has 1 nitrogen and oxygen atoms in total. The maximum absolute atomic E-state index is 13.4. The van der Waals surface area contributed by atoms with Gasteiger partial charge in [-0.15, -0.1) is 11.3 Å². The molecule has 2 aromatic rings. The third kappa shape index (κ3) is 1.97. The van der Waals surface area contributed by atoms with Gasteiger partial charge in [-0.3, -0.25) is 4.79 Å². The van der Waals surface area contributed by atoms with Crippen molar-refractivity contribution in [3.05, 3.63) is 47.1 Å². The van der Waals surface area contributed by atoms with Gasteiger partial charge in [0.15, 0.2) is 5.78 Å². The Morgan fingerprint density at radius 1 is 1.20 bits per heavy atom. The van der Waals surface area contributed by atoms with Gasteiger partial charge in [0.1, 0.15) is 5.82 Å². The molecule has 0 bridgehead atoms. The summed E-state index contributed by atoms with van der Waals surface area (Å²) in [6.07, 6.45) is 0. The van der Waals surface area contributed by atoms with Crippen molar-refractivity contribution in [1.29, 1.82) is 0 Å². The van der Waals surface area contributed by atoms with Gasteiger partial charge in [0.2, 0.25) is 0 Å². The summed E-state index contributed by atoms with van der Waals surface area (Å²) < 4.78 is 13.4. The number of halogens is 1. The topological polar surface area (TPSA) is 17.1 Å². The maximum Gasteiger partial charge on any atom is 0.169 e. The molecule has 0 atom stereocenters. The predicted octanol–water partition coefficient (Wildman–Crippen LogP) is 3.76. The molecule has 76 valence electrons. The van der Waals surface area contributed by atoms with Crippen molar-refractivity contribution in [3.63, 3.8) is 0 Å². The molecule has 0 saturated heterocycles. The minimum absolute atomic E-state index is 0.0163. The Labute approximate surface area is 91.2 Å². The van der Waals surface area contributed by atoms with E-state index >= 15 is 0 Å². The van der Waals surface area contributed by atoms with E-state index in [2.05, 4.69) is 0 Å². The third-order valence-corrected chi connectivity index (χ3v) is 3.31. The molecule has 0 radical (unpaired) electrons. The first kappa shape index (κ1) is 10.1. The van der Waals surface area contributed by atoms with E-state index in [1.54, 1.807) is 30.3 Å². The highest BCUT2D eigenvalue weighted by atomic mass is 32.1. The van der Waals surface area contributed by atoms with Crippen LogP contribution >= 0.6 is 11.3 Å². The van der Waals surface area contributed by atoms with Gasteiger partial charge in [0.05, 0.1) is 4.88 Å². The molecule has 0 fully saturated rings. The van der Waals surface area contributed by atoms with Crippen LogP contribution in [-0.4, -0.2) is 5.78 Å². The molecule has 0 N–H and O–H groups in total. The Balaban J connectivity index is 2.46. The van der Waals surface area contributed by atoms with Crippen LogP contribution in [0.5, 0.6) is 0 Å². The van der Waals surface area contributed by atoms with Crippen molar-refractivity contribution < 1.29 is 9.18 Å². The highest BCUT2D eigenvalue weighted by molar-refractivity contribution is 7.17. The second kappa shape index (κ2) is 3.95. The van der Waals surface area contributed by atoms with E-state index in [9.17, 15) is 9.18 Å². The minimum atomic E-state index is -0.255. The van der Waals surface area contributed by atoms with E-state index in [-0.39, 0.29) is 11.6 Å². The Kier molecular flexibility index (Phi) is 2.64. The SMILES string of the molecule is CC(=O)c1ccc(-c2ccccc2F)s1. The normalized spacial score (nSPS) is 10.3. The molecule has 0 unspecified atom stereocenters. The number of ketones is 1. The van der Waals surface area contributed by atoms with Gasteiger partial charge in [0.25, 0.3) is 0 Å². The Morgan fingerprint density at radius 2 is 1.93 bits per heavy atom. The summed E-state index contributed by atoms with van der Waals surface area (Å²) >= 11 is 1.32. The number of carbonyl (C=O) groups is 1. The highest BCUT2D eigenvalue weighted by Gasteiger charge is 2.08. The molecule has 0 aliphatic rings. The summed E-state index contributed by atoms with van der Waals surface area (Å²) in [5.41, 5.74) is 0.551. The van der Waals surface area contributed by atoms with Crippen LogP contribution in [0.15, 0.2) is 36.4 Å². The smallest absolute Gasteiger partial charge is 0.169 e. The Morgan fingerprint density at radius 3 is 2.53 bits per heavy atom. The second-order valence-electron chi connectivity index (χ2n) is 3.20. The monoisotopic (exact) mass is 220 g/mol. The van der Waals surface area contributed by atoms with Gasteiger partial charge in [-0.2, -0.15) is 0 Å². The second-order valence-corrected chi connectivity index (χ2v) is 4.28. The van der Waals surface area contributed by atoms with Crippen molar-refractivity contribution in [1.82, 2.24) is 0 Å². The standard InChI is InChI=1S/C12H9FOS/c1-8(14)11-6-7-12(15-11)9-4-2-3-5-10(9)13/h2-7H,1H3. The van der Waals surface area contributed by atoms with E-state index in [1.165, 1.54) is 24.3 Å². The van der Waals surface area contributed by atoms with Gasteiger partial charge < -0.3 is 0 Å². The number of Topliss-reactive ketones (excluding diaryl/α,β-unsaturated/α-hetero) is 1. The number of rotatable bonds is 2. The van der Waals surface area contributed by atoms with Gasteiger partial charge in [0, 0.05) is 10.4 Å². The fourth-order valence-electron chi connectivity index (χ4n) is 1.33. The summed E-state index contributed by atoms with van der Waals surface area (Å²) in [5.74, 6) is -0.239. The molecule has 3 heteroatoms. The van der Waals surface area contributed by atoms with Gasteiger partial charge in [-0.25, -0.2) is 4.39 Å². The minimum Gasteiger partial charge on any atom is -0.294 e. The molecular weight excluding hydrogens is 211 g/mol. The average molecular weight is 220 g/mol. The summed E-state index contributed by atoms with van der Waals surface area (Å²) in [7, 11) is 0. The van der Waals surface area contributed by atoms with Crippen LogP contribution < -0.4 is 0 Å². The predicted molar refractivity (Wildman–Crippen MR) is 59.7 cm³/mol. The van der Waals surface area contributed by atoms with Crippen molar-refractivity contribution in [2.75, 3.05) is 0 Å². The van der Waals surface area contributed by atoms with Gasteiger partial charge in [-0.05, 0) is 25.1 Å². The summed E-state index contributed by atoms with van der Waals surface area (Å²) in [6, 6.07) is 10.1. The quantitative estimate of drug-likeness (QED) is 0.704. The van der Waals surface area contributed by atoms with Crippen LogP contribution in [-0.2, 0) is 0 Å². The first-order valence-electron chi connectivity index (χ1n) is 4.54. The van der Waals surface area contributed by atoms with Crippen molar-refractivity contribution in [2.45, 2.75) is 6.92 Å². The number of thiophene rings is 1. The maximum atomic E-state index is 13.4. The lowest BCUT2D eigenvalue weighted by molar-refractivity contribution is 0.102. The van der Waals surface area contributed by atoms with Crippen LogP contribution in [0, 0.1) is 5.82 Å². The molecule has 1 heterocycles. The number of carbonyl (C=O) groups excluding carboxylic acids is 1. The van der Waals surface area contributed by atoms with Crippen LogP contribution in [0.2, 0.25) is 0 Å². The largest absolute Gasteiger partial charge is 0.294 e. The van der Waals surface area contributed by atoms with Gasteiger partial charge in [-0.1, -0.05) is 18.2 Å². The summed E-state index contributed by atoms with van der Waals surface area (Å²) in [6.45, 7) is 1.51. The molecule has 0 spiro atoms. The number of hydrogen-bond acceptors (Lipinski definition) is 2. The number of benzene rings is 1. The lowest BCUT2D eigenvalue weighted by Crippen LogP contribution is -1.83. The first-order chi connectivity index (χ1) is 7.18. The van der Waals surface area contributed by atoms with Crippen molar-refractivity contribution in [2.24, 2.45) is 0 Å². The fraction of sp³-hybridized carbons (Fsp3) is 0.0833. The molecule has 15 heavy (non-hydrogen) atoms. The van der Waals surface area contributed by atoms with E-state index < -0.39 is 0 Å². The van der Waals surface area contributed by atoms with Crippen LogP contribution in [0.4, 0.5) is 4.39 Å². The lowest BCUT2D eigenvalue weighted by Gasteiger charge is -1.97. The van der Waals surface area contributed by atoms with Crippen molar-refractivity contribution in [3.8, 4) is 10.4 Å². The average Bonchev–Trinajstić information content (AvgIpc) is 2.67. The Bertz CT molecular complexity index is 502. The van der Waals surface area contributed by atoms with Gasteiger partial charge >= 0.3 is 0 Å². The van der Waals surface area contributed by atoms with Crippen LogP contribution in [0.3, 0.4) is 0 Å². The van der Waals surface area contributed by atoms with E-state index in [0.717, 1.165) is 4.88 Å². The molecule has 1 aromatic carbocycles. The fourth-order valence-corrected chi connectivity index (χ4v) is 2.26. The molecule has 0 aliphatic carbocycles. The zero-order valence-corrected chi connectivity index (χ0v) is 8.98. The van der Waals surface area contributed by atoms with Crippen molar-refractivity contribution >= 4 is 17.1 Å². The molecule has 1 aromatic heterocycles. The van der Waals surface area contributed by atoms with E-state index in [0.29, 0.717) is 10.4 Å². The van der Waals surface area contributed by atoms with Crippen LogP contribution in [0.1, 0.15) is 16.6 Å². The third-order valence-electron chi connectivity index (χ3n) is 2.09. The van der Waals surface area contributed by atoms with E-state index in [4.69, 9.17) is 0 Å². The lowest BCUT2D eigenvalue weighted by atomic mass is 10.2. The summed E-state index contributed by atoms with van der Waals surface area (Å²) in [5, 5.41) is 0. The zero-order valence-electron chi connectivity index (χ0n) is 8.16. The molecule has 2 rings (SSSR count). The number of hydrogen-bond donors (Lipinski definition) is 0. The molecular formula is C12H9FOS. The van der Waals surface area contributed by atoms with Crippen LogP contribution in [0.25, 0.3) is 10.4 Å². The molecule has 0 amide bonds. The highest BCUT2D eigenvalue weighted by Crippen LogP contribution is 2.29. The summed E-state index contributed by atoms with van der Waals surface area (Å²) in [4.78, 5) is 12.5. The Hall–Kier alpha value is -1.48.